The van der Waals surface area contributed by atoms with E-state index in [1.54, 1.807) is 11.0 Å². The average molecular weight is 229 g/mol. The number of carbonyl (C=O) groups is 1. The number of furan rings is 1. The number of aryl methyl sites for hydroxylation is 1. The predicted octanol–water partition coefficient (Wildman–Crippen LogP) is 3.25. The minimum absolute atomic E-state index is 0.0319. The van der Waals surface area contributed by atoms with Gasteiger partial charge in [0.25, 0.3) is 5.91 Å². The van der Waals surface area contributed by atoms with Crippen LogP contribution in [0.25, 0.3) is 0 Å². The van der Waals surface area contributed by atoms with E-state index in [1.165, 1.54) is 12.5 Å². The first-order chi connectivity index (χ1) is 8.24. The fourth-order valence-electron chi connectivity index (χ4n) is 1.83. The lowest BCUT2D eigenvalue weighted by molar-refractivity contribution is 0.0987. The van der Waals surface area contributed by atoms with Crippen molar-refractivity contribution in [2.75, 3.05) is 11.4 Å². The highest BCUT2D eigenvalue weighted by Gasteiger charge is 2.17. The Labute approximate surface area is 101 Å². The van der Waals surface area contributed by atoms with Crippen LogP contribution in [0.15, 0.2) is 47.3 Å². The molecule has 0 unspecified atom stereocenters. The zero-order valence-corrected chi connectivity index (χ0v) is 10.0. The van der Waals surface area contributed by atoms with E-state index in [-0.39, 0.29) is 5.91 Å². The van der Waals surface area contributed by atoms with Crippen molar-refractivity contribution in [3.05, 3.63) is 54.0 Å². The molecule has 1 aromatic heterocycles. The molecule has 1 heterocycles. The van der Waals surface area contributed by atoms with Crippen LogP contribution in [-0.2, 0) is 0 Å². The molecule has 2 rings (SSSR count). The van der Waals surface area contributed by atoms with Gasteiger partial charge in [0.1, 0.15) is 6.26 Å². The van der Waals surface area contributed by atoms with Crippen LogP contribution in [0.3, 0.4) is 0 Å². The smallest absolute Gasteiger partial charge is 0.261 e. The molecular weight excluding hydrogens is 214 g/mol. The molecule has 0 aliphatic heterocycles. The largest absolute Gasteiger partial charge is 0.472 e. The van der Waals surface area contributed by atoms with Crippen LogP contribution in [0.4, 0.5) is 5.69 Å². The minimum atomic E-state index is -0.0319. The number of rotatable bonds is 3. The summed E-state index contributed by atoms with van der Waals surface area (Å²) in [6, 6.07) is 9.55. The highest BCUT2D eigenvalue weighted by molar-refractivity contribution is 6.06. The summed E-state index contributed by atoms with van der Waals surface area (Å²) < 4.78 is 4.95. The van der Waals surface area contributed by atoms with Crippen LogP contribution >= 0.6 is 0 Å². The van der Waals surface area contributed by atoms with E-state index in [4.69, 9.17) is 4.42 Å². The first kappa shape index (κ1) is 11.5. The monoisotopic (exact) mass is 229 g/mol. The lowest BCUT2D eigenvalue weighted by Gasteiger charge is -2.22. The van der Waals surface area contributed by atoms with Crippen LogP contribution in [0.5, 0.6) is 0 Å². The highest BCUT2D eigenvalue weighted by atomic mass is 16.3. The maximum Gasteiger partial charge on any atom is 0.261 e. The highest BCUT2D eigenvalue weighted by Crippen LogP contribution is 2.21. The van der Waals surface area contributed by atoms with Gasteiger partial charge in [-0.1, -0.05) is 18.2 Å². The second kappa shape index (κ2) is 4.87. The Kier molecular flexibility index (Phi) is 3.28. The molecule has 88 valence electrons. The Morgan fingerprint density at radius 3 is 2.65 bits per heavy atom. The summed E-state index contributed by atoms with van der Waals surface area (Å²) in [4.78, 5) is 14.0. The summed E-state index contributed by atoms with van der Waals surface area (Å²) in [5.74, 6) is -0.0319. The van der Waals surface area contributed by atoms with E-state index in [0.717, 1.165) is 11.3 Å². The summed E-state index contributed by atoms with van der Waals surface area (Å²) in [5, 5.41) is 0. The van der Waals surface area contributed by atoms with Crippen LogP contribution < -0.4 is 4.90 Å². The third kappa shape index (κ3) is 2.23. The van der Waals surface area contributed by atoms with Gasteiger partial charge in [-0.3, -0.25) is 4.79 Å². The number of hydrogen-bond donors (Lipinski definition) is 0. The third-order valence-corrected chi connectivity index (χ3v) is 2.74. The summed E-state index contributed by atoms with van der Waals surface area (Å²) in [6.45, 7) is 4.60. The van der Waals surface area contributed by atoms with E-state index >= 15 is 0 Å². The summed E-state index contributed by atoms with van der Waals surface area (Å²) in [5.41, 5.74) is 2.61. The predicted molar refractivity (Wildman–Crippen MR) is 67.2 cm³/mol. The van der Waals surface area contributed by atoms with Crippen LogP contribution in [0.2, 0.25) is 0 Å². The van der Waals surface area contributed by atoms with Gasteiger partial charge < -0.3 is 9.32 Å². The molecule has 0 radical (unpaired) electrons. The van der Waals surface area contributed by atoms with Crippen molar-refractivity contribution in [2.45, 2.75) is 13.8 Å². The van der Waals surface area contributed by atoms with E-state index < -0.39 is 0 Å². The number of benzene rings is 1. The number of amides is 1. The number of nitrogens with zero attached hydrogens (tertiary/aromatic N) is 1. The molecule has 1 aromatic carbocycles. The first-order valence-electron chi connectivity index (χ1n) is 5.63. The fraction of sp³-hybridized carbons (Fsp3) is 0.214. The van der Waals surface area contributed by atoms with Gasteiger partial charge in [0.05, 0.1) is 11.8 Å². The van der Waals surface area contributed by atoms with Crippen molar-refractivity contribution in [3.8, 4) is 0 Å². The SMILES string of the molecule is CCN(C(=O)c1ccoc1)c1ccccc1C. The first-order valence-corrected chi connectivity index (χ1v) is 5.63. The maximum atomic E-state index is 12.3. The molecule has 3 heteroatoms. The van der Waals surface area contributed by atoms with E-state index in [2.05, 4.69) is 0 Å². The lowest BCUT2D eigenvalue weighted by atomic mass is 10.1. The van der Waals surface area contributed by atoms with Gasteiger partial charge in [-0.25, -0.2) is 0 Å². The van der Waals surface area contributed by atoms with Gasteiger partial charge in [0, 0.05) is 12.2 Å². The minimum Gasteiger partial charge on any atom is -0.472 e. The molecule has 0 aliphatic carbocycles. The molecule has 0 N–H and O–H groups in total. The molecule has 0 bridgehead atoms. The van der Waals surface area contributed by atoms with Gasteiger partial charge in [0.15, 0.2) is 0 Å². The topological polar surface area (TPSA) is 33.5 Å². The molecule has 17 heavy (non-hydrogen) atoms. The Bertz CT molecular complexity index is 503. The van der Waals surface area contributed by atoms with Crippen LogP contribution in [0, 0.1) is 6.92 Å². The number of anilines is 1. The molecule has 1 amide bonds. The van der Waals surface area contributed by atoms with Crippen molar-refractivity contribution in [1.29, 1.82) is 0 Å². The van der Waals surface area contributed by atoms with Gasteiger partial charge in [-0.05, 0) is 31.5 Å². The average Bonchev–Trinajstić information content (AvgIpc) is 2.86. The molecule has 0 saturated carbocycles. The Morgan fingerprint density at radius 2 is 2.06 bits per heavy atom. The van der Waals surface area contributed by atoms with Crippen molar-refractivity contribution >= 4 is 11.6 Å². The third-order valence-electron chi connectivity index (χ3n) is 2.74. The molecule has 0 saturated heterocycles. The molecule has 0 atom stereocenters. The Hall–Kier alpha value is -2.03. The van der Waals surface area contributed by atoms with Crippen molar-refractivity contribution in [1.82, 2.24) is 0 Å². The standard InChI is InChI=1S/C14H15NO2/c1-3-15(13-7-5-4-6-11(13)2)14(16)12-8-9-17-10-12/h4-10H,3H2,1-2H3. The summed E-state index contributed by atoms with van der Waals surface area (Å²) in [7, 11) is 0. The van der Waals surface area contributed by atoms with Gasteiger partial charge >= 0.3 is 0 Å². The van der Waals surface area contributed by atoms with Crippen molar-refractivity contribution in [2.24, 2.45) is 0 Å². The molecule has 0 spiro atoms. The normalized spacial score (nSPS) is 10.2. The molecule has 2 aromatic rings. The zero-order valence-electron chi connectivity index (χ0n) is 10.0. The van der Waals surface area contributed by atoms with E-state index in [0.29, 0.717) is 12.1 Å². The summed E-state index contributed by atoms with van der Waals surface area (Å²) in [6.07, 6.45) is 2.99. The number of para-hydroxylation sites is 1. The zero-order chi connectivity index (χ0) is 12.3. The fourth-order valence-corrected chi connectivity index (χ4v) is 1.83. The van der Waals surface area contributed by atoms with Gasteiger partial charge in [0.2, 0.25) is 0 Å². The second-order valence-corrected chi connectivity index (χ2v) is 3.85. The molecule has 0 aliphatic rings. The van der Waals surface area contributed by atoms with Crippen LogP contribution in [0.1, 0.15) is 22.8 Å². The van der Waals surface area contributed by atoms with Gasteiger partial charge in [-0.2, -0.15) is 0 Å². The Morgan fingerprint density at radius 1 is 1.29 bits per heavy atom. The number of hydrogen-bond acceptors (Lipinski definition) is 2. The van der Waals surface area contributed by atoms with Crippen LogP contribution in [-0.4, -0.2) is 12.5 Å². The molecule has 3 nitrogen and oxygen atoms in total. The lowest BCUT2D eigenvalue weighted by Crippen LogP contribution is -2.30. The van der Waals surface area contributed by atoms with E-state index in [1.807, 2.05) is 38.1 Å². The number of carbonyl (C=O) groups excluding carboxylic acids is 1. The van der Waals surface area contributed by atoms with Gasteiger partial charge in [-0.15, -0.1) is 0 Å². The second-order valence-electron chi connectivity index (χ2n) is 3.85. The molecule has 0 fully saturated rings. The van der Waals surface area contributed by atoms with Crippen molar-refractivity contribution < 1.29 is 9.21 Å². The quantitative estimate of drug-likeness (QED) is 0.809. The van der Waals surface area contributed by atoms with Crippen molar-refractivity contribution in [3.63, 3.8) is 0 Å². The summed E-state index contributed by atoms with van der Waals surface area (Å²) >= 11 is 0. The maximum absolute atomic E-state index is 12.3. The molecular formula is C14H15NO2. The van der Waals surface area contributed by atoms with E-state index in [9.17, 15) is 4.79 Å². The Balaban J connectivity index is 2.35.